The van der Waals surface area contributed by atoms with Crippen molar-refractivity contribution in [3.05, 3.63) is 24.3 Å². The molecule has 2 aliphatic rings. The fourth-order valence-corrected chi connectivity index (χ4v) is 7.48. The SMILES string of the molecule is CCCC/C=C\C/C=C\CCCCCCCCOCC(COC1OC(COC2OC(CO)C(O)C(O)C2O)C(O)C(O)C1O)OC(=O)CCCCCCCCCCCCCC. The van der Waals surface area contributed by atoms with Gasteiger partial charge in [0.15, 0.2) is 12.6 Å². The first-order chi connectivity index (χ1) is 29.6. The summed E-state index contributed by atoms with van der Waals surface area (Å²) in [7, 11) is 0. The summed E-state index contributed by atoms with van der Waals surface area (Å²) in [5.41, 5.74) is 0. The van der Waals surface area contributed by atoms with Gasteiger partial charge in [-0.1, -0.05) is 147 Å². The number of rotatable bonds is 37. The molecule has 11 unspecified atom stereocenters. The summed E-state index contributed by atoms with van der Waals surface area (Å²) in [4.78, 5) is 12.9. The van der Waals surface area contributed by atoms with Gasteiger partial charge in [0.05, 0.1) is 26.4 Å². The molecule has 0 radical (unpaired) electrons. The molecule has 0 aliphatic carbocycles. The Labute approximate surface area is 367 Å². The first-order valence-corrected chi connectivity index (χ1v) is 23.9. The molecule has 0 spiro atoms. The number of ether oxygens (including phenoxy) is 6. The number of esters is 1. The van der Waals surface area contributed by atoms with Crippen LogP contribution in [0.5, 0.6) is 0 Å². The molecule has 14 heteroatoms. The highest BCUT2D eigenvalue weighted by Crippen LogP contribution is 2.26. The number of carbonyl (C=O) groups excluding carboxylic acids is 1. The van der Waals surface area contributed by atoms with E-state index < -0.39 is 80.7 Å². The Morgan fingerprint density at radius 2 is 1.03 bits per heavy atom. The van der Waals surface area contributed by atoms with E-state index in [0.29, 0.717) is 13.0 Å². The average Bonchev–Trinajstić information content (AvgIpc) is 3.25. The highest BCUT2D eigenvalue weighted by molar-refractivity contribution is 5.69. The molecule has 0 bridgehead atoms. The number of aliphatic hydroxyl groups excluding tert-OH is 7. The largest absolute Gasteiger partial charge is 0.457 e. The molecular weight excluding hydrogens is 789 g/mol. The maximum Gasteiger partial charge on any atom is 0.306 e. The average molecular weight is 875 g/mol. The van der Waals surface area contributed by atoms with E-state index in [-0.39, 0.29) is 25.6 Å². The lowest BCUT2D eigenvalue weighted by atomic mass is 9.98. The molecule has 0 aromatic heterocycles. The Morgan fingerprint density at radius 1 is 0.541 bits per heavy atom. The molecular formula is C47H86O14. The van der Waals surface area contributed by atoms with Crippen LogP contribution in [0.1, 0.15) is 168 Å². The monoisotopic (exact) mass is 875 g/mol. The maximum absolute atomic E-state index is 12.9. The molecule has 2 heterocycles. The number of allylic oxidation sites excluding steroid dienone is 4. The molecule has 0 aromatic rings. The molecule has 61 heavy (non-hydrogen) atoms. The van der Waals surface area contributed by atoms with Crippen molar-refractivity contribution in [1.82, 2.24) is 0 Å². The van der Waals surface area contributed by atoms with Crippen LogP contribution in [0.4, 0.5) is 0 Å². The zero-order valence-electron chi connectivity index (χ0n) is 37.7. The van der Waals surface area contributed by atoms with Gasteiger partial charge in [-0.2, -0.15) is 0 Å². The van der Waals surface area contributed by atoms with E-state index in [1.807, 2.05) is 0 Å². The van der Waals surface area contributed by atoms with Crippen LogP contribution in [0.3, 0.4) is 0 Å². The van der Waals surface area contributed by atoms with Crippen molar-refractivity contribution in [2.45, 2.75) is 235 Å². The lowest BCUT2D eigenvalue weighted by Gasteiger charge is -2.42. The zero-order valence-corrected chi connectivity index (χ0v) is 37.7. The van der Waals surface area contributed by atoms with E-state index in [0.717, 1.165) is 64.2 Å². The van der Waals surface area contributed by atoms with Crippen molar-refractivity contribution in [1.29, 1.82) is 0 Å². The van der Waals surface area contributed by atoms with E-state index in [1.54, 1.807) is 0 Å². The van der Waals surface area contributed by atoms with Crippen LogP contribution in [0.25, 0.3) is 0 Å². The van der Waals surface area contributed by atoms with Gasteiger partial charge in [0.2, 0.25) is 0 Å². The first-order valence-electron chi connectivity index (χ1n) is 23.9. The molecule has 7 N–H and O–H groups in total. The normalized spacial score (nSPS) is 27.6. The minimum Gasteiger partial charge on any atom is -0.457 e. The highest BCUT2D eigenvalue weighted by Gasteiger charge is 2.47. The van der Waals surface area contributed by atoms with Crippen molar-refractivity contribution >= 4 is 5.97 Å². The lowest BCUT2D eigenvalue weighted by Crippen LogP contribution is -2.61. The third-order valence-corrected chi connectivity index (χ3v) is 11.5. The van der Waals surface area contributed by atoms with E-state index >= 15 is 0 Å². The van der Waals surface area contributed by atoms with Crippen molar-refractivity contribution in [2.24, 2.45) is 0 Å². The van der Waals surface area contributed by atoms with E-state index in [2.05, 4.69) is 38.2 Å². The van der Waals surface area contributed by atoms with Crippen LogP contribution in [-0.4, -0.2) is 142 Å². The minimum absolute atomic E-state index is 0.0575. The van der Waals surface area contributed by atoms with Gasteiger partial charge in [-0.3, -0.25) is 4.79 Å². The summed E-state index contributed by atoms with van der Waals surface area (Å²) in [5, 5.41) is 71.9. The van der Waals surface area contributed by atoms with Gasteiger partial charge in [-0.05, 0) is 38.5 Å². The number of unbranched alkanes of at least 4 members (excludes halogenated alkanes) is 19. The predicted octanol–water partition coefficient (Wildman–Crippen LogP) is 6.07. The molecule has 14 nitrogen and oxygen atoms in total. The van der Waals surface area contributed by atoms with Crippen LogP contribution in [0, 0.1) is 0 Å². The van der Waals surface area contributed by atoms with E-state index in [1.165, 1.54) is 77.0 Å². The van der Waals surface area contributed by atoms with Gasteiger partial charge in [0.1, 0.15) is 54.9 Å². The molecule has 0 saturated carbocycles. The highest BCUT2D eigenvalue weighted by atomic mass is 16.7. The minimum atomic E-state index is -1.70. The van der Waals surface area contributed by atoms with Crippen molar-refractivity contribution in [2.75, 3.05) is 33.0 Å². The van der Waals surface area contributed by atoms with Crippen molar-refractivity contribution < 1.29 is 69.0 Å². The number of hydrogen-bond donors (Lipinski definition) is 7. The van der Waals surface area contributed by atoms with Crippen LogP contribution >= 0.6 is 0 Å². The second kappa shape index (κ2) is 35.8. The molecule has 358 valence electrons. The van der Waals surface area contributed by atoms with Crippen molar-refractivity contribution in [3.8, 4) is 0 Å². The molecule has 2 saturated heterocycles. The van der Waals surface area contributed by atoms with E-state index in [4.69, 9.17) is 28.4 Å². The Bertz CT molecular complexity index is 1110. The molecule has 2 rings (SSSR count). The van der Waals surface area contributed by atoms with Gasteiger partial charge < -0.3 is 64.2 Å². The van der Waals surface area contributed by atoms with Crippen LogP contribution < -0.4 is 0 Å². The Morgan fingerprint density at radius 3 is 1.62 bits per heavy atom. The third kappa shape index (κ3) is 24.4. The van der Waals surface area contributed by atoms with Crippen LogP contribution in [-0.2, 0) is 33.2 Å². The fraction of sp³-hybridized carbons (Fsp3) is 0.894. The number of hydrogen-bond acceptors (Lipinski definition) is 14. The molecule has 0 amide bonds. The van der Waals surface area contributed by atoms with Crippen molar-refractivity contribution in [3.63, 3.8) is 0 Å². The predicted molar refractivity (Wildman–Crippen MR) is 233 cm³/mol. The summed E-state index contributed by atoms with van der Waals surface area (Å²) >= 11 is 0. The number of carbonyl (C=O) groups is 1. The third-order valence-electron chi connectivity index (χ3n) is 11.5. The van der Waals surface area contributed by atoms with Gasteiger partial charge in [0.25, 0.3) is 0 Å². The van der Waals surface area contributed by atoms with Gasteiger partial charge >= 0.3 is 5.97 Å². The molecule has 2 fully saturated rings. The first kappa shape index (κ1) is 55.6. The van der Waals surface area contributed by atoms with Crippen LogP contribution in [0.15, 0.2) is 24.3 Å². The lowest BCUT2D eigenvalue weighted by molar-refractivity contribution is -0.332. The summed E-state index contributed by atoms with van der Waals surface area (Å²) in [5.74, 6) is -0.381. The molecule has 2 aliphatic heterocycles. The van der Waals surface area contributed by atoms with Gasteiger partial charge in [-0.15, -0.1) is 0 Å². The van der Waals surface area contributed by atoms with Crippen LogP contribution in [0.2, 0.25) is 0 Å². The summed E-state index contributed by atoms with van der Waals surface area (Å²) < 4.78 is 34.2. The van der Waals surface area contributed by atoms with Gasteiger partial charge in [0, 0.05) is 13.0 Å². The zero-order chi connectivity index (χ0) is 44.5. The maximum atomic E-state index is 12.9. The fourth-order valence-electron chi connectivity index (χ4n) is 7.48. The molecule has 11 atom stereocenters. The topological polar surface area (TPSA) is 214 Å². The molecule has 0 aromatic carbocycles. The number of aliphatic hydroxyl groups is 7. The summed E-state index contributed by atoms with van der Waals surface area (Å²) in [6.45, 7) is 3.62. The Kier molecular flexibility index (Phi) is 32.6. The standard InChI is InChI=1S/C47H86O14/c1-3-5-7-9-11-13-15-17-18-19-21-23-25-27-29-31-56-33-36(59-39(49)30-28-26-24-22-20-16-14-12-10-8-6-4-2)34-57-46-45(55)43(53)41(51)38(61-46)35-58-47-44(54)42(52)40(50)37(32-48)60-47/h9,11,15,17,36-38,40-48,50-55H,3-8,10,12-14,16,18-35H2,1-2H3/b11-9-,17-15-. The van der Waals surface area contributed by atoms with E-state index in [9.17, 15) is 40.5 Å². The summed E-state index contributed by atoms with van der Waals surface area (Å²) in [6.07, 6.45) is 19.5. The second-order valence-corrected chi connectivity index (χ2v) is 16.9. The summed E-state index contributed by atoms with van der Waals surface area (Å²) in [6, 6.07) is 0. The Hall–Kier alpha value is -1.53. The van der Waals surface area contributed by atoms with Gasteiger partial charge in [-0.25, -0.2) is 0 Å². The Balaban J connectivity index is 1.80. The smallest absolute Gasteiger partial charge is 0.306 e. The second-order valence-electron chi connectivity index (χ2n) is 16.9. The quantitative estimate of drug-likeness (QED) is 0.0215.